The Morgan fingerprint density at radius 3 is 2.43 bits per heavy atom. The molecule has 11 nitrogen and oxygen atoms in total. The standard InChI is InChI=1S/C30H30F2N6O5S/c1-36-9-11-37(12-10-36)26-5-2-4-24(34-29(39)27-6-3-13-43-27)28(26)30(40)35-38-25-8-7-22(14-19(25)18-33-38)44(41,42)23-16-20(31)15-21(32)17-23/h2,4-5,7-8,14-18,27H,3,6,9-13H2,1H3,(H,34,39)(H,35,40). The van der Waals surface area contributed by atoms with E-state index in [1.165, 1.54) is 29.2 Å². The van der Waals surface area contributed by atoms with Gasteiger partial charge in [0.15, 0.2) is 0 Å². The van der Waals surface area contributed by atoms with Crippen LogP contribution in [0.5, 0.6) is 0 Å². The van der Waals surface area contributed by atoms with Gasteiger partial charge in [-0.1, -0.05) is 6.07 Å². The first-order chi connectivity index (χ1) is 21.1. The van der Waals surface area contributed by atoms with E-state index in [4.69, 9.17) is 4.74 Å². The topological polar surface area (TPSA) is 126 Å². The number of carbonyl (C=O) groups excluding carboxylic acids is 2. The zero-order valence-electron chi connectivity index (χ0n) is 23.8. The lowest BCUT2D eigenvalue weighted by molar-refractivity contribution is -0.124. The van der Waals surface area contributed by atoms with E-state index in [-0.39, 0.29) is 16.4 Å². The lowest BCUT2D eigenvalue weighted by Crippen LogP contribution is -2.45. The van der Waals surface area contributed by atoms with E-state index in [1.54, 1.807) is 12.1 Å². The molecule has 14 heteroatoms. The van der Waals surface area contributed by atoms with Crippen LogP contribution in [0.1, 0.15) is 23.2 Å². The summed E-state index contributed by atoms with van der Waals surface area (Å²) in [7, 11) is -2.22. The van der Waals surface area contributed by atoms with Gasteiger partial charge in [-0.2, -0.15) is 9.89 Å². The van der Waals surface area contributed by atoms with Crippen LogP contribution in [0.2, 0.25) is 0 Å². The SMILES string of the molecule is CN1CCN(c2cccc(NC(=O)C3CCCO3)c2C(=O)Nn2ncc3cc(S(=O)(=O)c4cc(F)cc(F)c4)ccc32)CC1. The number of nitrogens with one attached hydrogen (secondary N) is 2. The fourth-order valence-electron chi connectivity index (χ4n) is 5.43. The third-order valence-electron chi connectivity index (χ3n) is 7.80. The Bertz CT molecular complexity index is 1830. The number of anilines is 2. The largest absolute Gasteiger partial charge is 0.368 e. The molecule has 0 saturated carbocycles. The van der Waals surface area contributed by atoms with Crippen molar-refractivity contribution < 1.29 is 31.5 Å². The number of sulfone groups is 1. The molecule has 2 N–H and O–H groups in total. The highest BCUT2D eigenvalue weighted by Crippen LogP contribution is 2.31. The molecule has 1 aromatic heterocycles. The maximum Gasteiger partial charge on any atom is 0.275 e. The molecular formula is C30H30F2N6O5S. The molecule has 6 rings (SSSR count). The van der Waals surface area contributed by atoms with Crippen molar-refractivity contribution in [3.63, 3.8) is 0 Å². The first-order valence-corrected chi connectivity index (χ1v) is 15.6. The number of fused-ring (bicyclic) bond motifs is 1. The van der Waals surface area contributed by atoms with Crippen LogP contribution in [0.3, 0.4) is 0 Å². The fraction of sp³-hybridized carbons (Fsp3) is 0.300. The zero-order chi connectivity index (χ0) is 31.0. The van der Waals surface area contributed by atoms with Gasteiger partial charge >= 0.3 is 0 Å². The Labute approximate surface area is 252 Å². The van der Waals surface area contributed by atoms with Crippen LogP contribution < -0.4 is 15.6 Å². The van der Waals surface area contributed by atoms with E-state index in [1.807, 2.05) is 13.1 Å². The molecule has 1 atom stereocenters. The third kappa shape index (κ3) is 5.87. The molecule has 2 amide bonds. The Balaban J connectivity index is 1.32. The van der Waals surface area contributed by atoms with Gasteiger partial charge < -0.3 is 19.9 Å². The van der Waals surface area contributed by atoms with Crippen molar-refractivity contribution in [2.75, 3.05) is 55.5 Å². The molecule has 2 aliphatic heterocycles. The summed E-state index contributed by atoms with van der Waals surface area (Å²) in [5.41, 5.74) is 4.36. The van der Waals surface area contributed by atoms with Crippen LogP contribution in [0.4, 0.5) is 20.2 Å². The zero-order valence-corrected chi connectivity index (χ0v) is 24.6. The van der Waals surface area contributed by atoms with E-state index in [9.17, 15) is 26.8 Å². The first-order valence-electron chi connectivity index (χ1n) is 14.1. The Kier molecular flexibility index (Phi) is 8.05. The van der Waals surface area contributed by atoms with Crippen molar-refractivity contribution in [1.82, 2.24) is 14.8 Å². The average Bonchev–Trinajstić information content (AvgIpc) is 3.68. The van der Waals surface area contributed by atoms with Crippen molar-refractivity contribution >= 4 is 43.9 Å². The molecule has 0 radical (unpaired) electrons. The van der Waals surface area contributed by atoms with Crippen molar-refractivity contribution in [2.45, 2.75) is 28.7 Å². The highest BCUT2D eigenvalue weighted by molar-refractivity contribution is 7.91. The number of halogens is 2. The number of benzene rings is 3. The first kappa shape index (κ1) is 29.7. The number of hydrogen-bond acceptors (Lipinski definition) is 8. The molecule has 0 bridgehead atoms. The van der Waals surface area contributed by atoms with Crippen LogP contribution in [-0.4, -0.2) is 81.0 Å². The number of likely N-dealkylation sites (N-methyl/N-ethyl adjacent to an activating group) is 1. The van der Waals surface area contributed by atoms with Crippen molar-refractivity contribution in [3.8, 4) is 0 Å². The van der Waals surface area contributed by atoms with Crippen molar-refractivity contribution in [2.24, 2.45) is 0 Å². The lowest BCUT2D eigenvalue weighted by Gasteiger charge is -2.35. The minimum absolute atomic E-state index is 0.194. The van der Waals surface area contributed by atoms with Crippen LogP contribution in [0.15, 0.2) is 70.6 Å². The van der Waals surface area contributed by atoms with Crippen molar-refractivity contribution in [3.05, 3.63) is 78.0 Å². The number of rotatable bonds is 7. The Hall–Kier alpha value is -4.40. The molecule has 2 fully saturated rings. The molecular weight excluding hydrogens is 594 g/mol. The van der Waals surface area contributed by atoms with E-state index >= 15 is 0 Å². The summed E-state index contributed by atoms with van der Waals surface area (Å²) in [6.45, 7) is 3.45. The Morgan fingerprint density at radius 2 is 1.73 bits per heavy atom. The molecule has 230 valence electrons. The summed E-state index contributed by atoms with van der Waals surface area (Å²) < 4.78 is 59.2. The van der Waals surface area contributed by atoms with Gasteiger partial charge in [-0.25, -0.2) is 22.6 Å². The summed E-state index contributed by atoms with van der Waals surface area (Å²) in [6, 6.07) is 11.4. The third-order valence-corrected chi connectivity index (χ3v) is 9.53. The number of ether oxygens (including phenoxy) is 1. The molecule has 3 heterocycles. The van der Waals surface area contributed by atoms with Crippen LogP contribution in [0, 0.1) is 11.6 Å². The maximum absolute atomic E-state index is 13.9. The lowest BCUT2D eigenvalue weighted by atomic mass is 10.1. The summed E-state index contributed by atoms with van der Waals surface area (Å²) in [5, 5.41) is 7.47. The molecule has 3 aromatic carbocycles. The molecule has 2 aliphatic rings. The predicted molar refractivity (Wildman–Crippen MR) is 159 cm³/mol. The number of piperazine rings is 1. The minimum atomic E-state index is -4.24. The minimum Gasteiger partial charge on any atom is -0.368 e. The molecule has 44 heavy (non-hydrogen) atoms. The summed E-state index contributed by atoms with van der Waals surface area (Å²) in [4.78, 5) is 31.7. The number of carbonyl (C=O) groups is 2. The highest BCUT2D eigenvalue weighted by atomic mass is 32.2. The number of aromatic nitrogens is 2. The highest BCUT2D eigenvalue weighted by Gasteiger charge is 2.28. The predicted octanol–water partition coefficient (Wildman–Crippen LogP) is 3.40. The normalized spacial score (nSPS) is 17.6. The second kappa shape index (κ2) is 11.9. The van der Waals surface area contributed by atoms with Crippen LogP contribution in [0.25, 0.3) is 10.9 Å². The van der Waals surface area contributed by atoms with Gasteiger partial charge in [0.05, 0.1) is 38.4 Å². The van der Waals surface area contributed by atoms with Crippen LogP contribution in [-0.2, 0) is 19.4 Å². The molecule has 4 aromatic rings. The Morgan fingerprint density at radius 1 is 0.977 bits per heavy atom. The van der Waals surface area contributed by atoms with Gasteiger partial charge in [0.1, 0.15) is 17.7 Å². The quantitative estimate of drug-likeness (QED) is 0.321. The summed E-state index contributed by atoms with van der Waals surface area (Å²) >= 11 is 0. The van der Waals surface area contributed by atoms with Gasteiger partial charge in [0.25, 0.3) is 11.8 Å². The van der Waals surface area contributed by atoms with E-state index < -0.39 is 38.4 Å². The van der Waals surface area contributed by atoms with Gasteiger partial charge in [-0.3, -0.25) is 9.59 Å². The van der Waals surface area contributed by atoms with Gasteiger partial charge in [0, 0.05) is 44.2 Å². The summed E-state index contributed by atoms with van der Waals surface area (Å²) in [5.74, 6) is -2.89. The maximum atomic E-state index is 13.9. The fourth-order valence-corrected chi connectivity index (χ4v) is 6.77. The monoisotopic (exact) mass is 624 g/mol. The molecule has 2 saturated heterocycles. The smallest absolute Gasteiger partial charge is 0.275 e. The van der Waals surface area contributed by atoms with E-state index in [0.717, 1.165) is 31.6 Å². The van der Waals surface area contributed by atoms with Gasteiger partial charge in [0.2, 0.25) is 9.84 Å². The van der Waals surface area contributed by atoms with Gasteiger partial charge in [-0.15, -0.1) is 0 Å². The van der Waals surface area contributed by atoms with Crippen molar-refractivity contribution in [1.29, 1.82) is 0 Å². The number of hydrogen-bond donors (Lipinski definition) is 2. The molecule has 0 spiro atoms. The van der Waals surface area contributed by atoms with Crippen LogP contribution >= 0.6 is 0 Å². The van der Waals surface area contributed by atoms with E-state index in [0.29, 0.717) is 54.5 Å². The number of amides is 2. The second-order valence-corrected chi connectivity index (χ2v) is 12.8. The van der Waals surface area contributed by atoms with E-state index in [2.05, 4.69) is 25.6 Å². The molecule has 0 aliphatic carbocycles. The average molecular weight is 625 g/mol. The number of nitrogens with zero attached hydrogens (tertiary/aromatic N) is 4. The molecule has 1 unspecified atom stereocenters. The second-order valence-electron chi connectivity index (χ2n) is 10.8. The van der Waals surface area contributed by atoms with Gasteiger partial charge in [-0.05, 0) is 62.4 Å². The summed E-state index contributed by atoms with van der Waals surface area (Å²) in [6.07, 6.45) is 2.15.